The largest absolute Gasteiger partial charge is 0.543 e. The van der Waals surface area contributed by atoms with Crippen LogP contribution in [0.5, 0.6) is 0 Å². The maximum atomic E-state index is 12.3. The minimum atomic E-state index is -4.91. The van der Waals surface area contributed by atoms with E-state index in [1.54, 1.807) is 13.8 Å². The van der Waals surface area contributed by atoms with E-state index in [9.17, 15) is 22.9 Å². The van der Waals surface area contributed by atoms with Crippen molar-refractivity contribution in [3.05, 3.63) is 12.2 Å². The molecule has 0 aliphatic heterocycles. The second-order valence-corrected chi connectivity index (χ2v) is 12.2. The molecule has 32 heavy (non-hydrogen) atoms. The molecule has 0 amide bonds. The number of carbonyl (C=O) groups is 1. The highest BCUT2D eigenvalue weighted by Crippen LogP contribution is 2.45. The van der Waals surface area contributed by atoms with E-state index in [1.807, 2.05) is 0 Å². The van der Waals surface area contributed by atoms with E-state index in [1.165, 1.54) is 66.1 Å². The molecule has 0 aromatic rings. The zero-order valence-electron chi connectivity index (χ0n) is 21.5. The van der Waals surface area contributed by atoms with Gasteiger partial charge in [0.05, 0.1) is 21.1 Å². The molecule has 6 nitrogen and oxygen atoms in total. The van der Waals surface area contributed by atoms with Gasteiger partial charge in [0.15, 0.2) is 0 Å². The van der Waals surface area contributed by atoms with Crippen LogP contribution in [0.1, 0.15) is 111 Å². The molecule has 7 heteroatoms. The standard InChI is InChI=1S/C25H49NO5S/c1-7-8-9-10-11-12-13-14-15-16-17-18-19-20-21-22-24(2,3)25(23(27)28,26(4,5)6)32(29,30)31/h14-15H,7-13,16-22H2,1-6H3,(H-,27,28,29,30,31)/b15-14-. The van der Waals surface area contributed by atoms with E-state index in [0.29, 0.717) is 12.8 Å². The maximum Gasteiger partial charge on any atom is 0.328 e. The van der Waals surface area contributed by atoms with E-state index >= 15 is 0 Å². The Kier molecular flexibility index (Phi) is 14.0. The van der Waals surface area contributed by atoms with Crippen molar-refractivity contribution in [2.24, 2.45) is 5.41 Å². The first kappa shape index (κ1) is 31.1. The van der Waals surface area contributed by atoms with Crippen molar-refractivity contribution in [2.75, 3.05) is 21.1 Å². The summed E-state index contributed by atoms with van der Waals surface area (Å²) < 4.78 is 34.0. The molecule has 0 saturated carbocycles. The number of hydrogen-bond acceptors (Lipinski definition) is 4. The molecule has 1 atom stereocenters. The average molecular weight is 476 g/mol. The summed E-state index contributed by atoms with van der Waals surface area (Å²) in [7, 11) is -0.518. The van der Waals surface area contributed by atoms with Gasteiger partial charge in [0, 0.05) is 5.41 Å². The number of nitrogens with zero attached hydrogens (tertiary/aromatic N) is 1. The van der Waals surface area contributed by atoms with Gasteiger partial charge in [-0.25, -0.2) is 0 Å². The number of carboxylic acids is 1. The van der Waals surface area contributed by atoms with Crippen LogP contribution in [0.4, 0.5) is 0 Å². The maximum absolute atomic E-state index is 12.3. The third kappa shape index (κ3) is 9.14. The van der Waals surface area contributed by atoms with Crippen LogP contribution < -0.4 is 5.11 Å². The number of rotatable bonds is 19. The van der Waals surface area contributed by atoms with Crippen LogP contribution in [0.3, 0.4) is 0 Å². The summed E-state index contributed by atoms with van der Waals surface area (Å²) in [6, 6.07) is 0. The molecule has 0 aliphatic carbocycles. The number of carboxylic acid groups (broad SMARTS) is 1. The zero-order chi connectivity index (χ0) is 24.9. The molecule has 0 aliphatic rings. The highest BCUT2D eigenvalue weighted by atomic mass is 32.2. The number of unbranched alkanes of at least 4 members (excludes halogenated alkanes) is 11. The van der Waals surface area contributed by atoms with Gasteiger partial charge < -0.3 is 14.4 Å². The first-order valence-corrected chi connectivity index (χ1v) is 13.8. The monoisotopic (exact) mass is 475 g/mol. The summed E-state index contributed by atoms with van der Waals surface area (Å²) in [5.74, 6) is -1.76. The van der Waals surface area contributed by atoms with Gasteiger partial charge in [0.1, 0.15) is 5.97 Å². The average Bonchev–Trinajstić information content (AvgIpc) is 2.62. The predicted octanol–water partition coefficient (Wildman–Crippen LogP) is 5.09. The Morgan fingerprint density at radius 3 is 1.62 bits per heavy atom. The molecule has 0 spiro atoms. The van der Waals surface area contributed by atoms with Crippen molar-refractivity contribution in [3.63, 3.8) is 0 Å². The molecule has 1 N–H and O–H groups in total. The van der Waals surface area contributed by atoms with Crippen LogP contribution in [0, 0.1) is 5.41 Å². The molecule has 190 valence electrons. The first-order chi connectivity index (χ1) is 14.8. The molecule has 0 saturated heterocycles. The summed E-state index contributed by atoms with van der Waals surface area (Å²) in [6.07, 6.45) is 20.0. The topological polar surface area (TPSA) is 94.5 Å². The van der Waals surface area contributed by atoms with Crippen molar-refractivity contribution in [1.29, 1.82) is 0 Å². The van der Waals surface area contributed by atoms with Gasteiger partial charge in [0.2, 0.25) is 0 Å². The molecule has 1 unspecified atom stereocenters. The number of carbonyl (C=O) groups excluding carboxylic acids is 1. The van der Waals surface area contributed by atoms with Gasteiger partial charge in [-0.1, -0.05) is 90.7 Å². The Hall–Kier alpha value is -0.920. The van der Waals surface area contributed by atoms with E-state index in [-0.39, 0.29) is 0 Å². The molecule has 0 rings (SSSR count). The quantitative estimate of drug-likeness (QED) is 0.121. The smallest absolute Gasteiger partial charge is 0.328 e. The fourth-order valence-electron chi connectivity index (χ4n) is 5.07. The lowest BCUT2D eigenvalue weighted by atomic mass is 9.77. The molecule has 0 aromatic carbocycles. The van der Waals surface area contributed by atoms with Gasteiger partial charge in [-0.3, -0.25) is 4.55 Å². The third-order valence-corrected chi connectivity index (χ3v) is 8.59. The van der Waals surface area contributed by atoms with E-state index in [0.717, 1.165) is 32.1 Å². The molecule has 0 radical (unpaired) electrons. The molecule has 0 bridgehead atoms. The van der Waals surface area contributed by atoms with Gasteiger partial charge >= 0.3 is 10.1 Å². The number of aliphatic carboxylic acids is 1. The van der Waals surface area contributed by atoms with Crippen LogP contribution in [0.2, 0.25) is 0 Å². The van der Waals surface area contributed by atoms with Crippen molar-refractivity contribution in [2.45, 2.75) is 116 Å². The van der Waals surface area contributed by atoms with Crippen LogP contribution >= 0.6 is 0 Å². The third-order valence-electron chi connectivity index (χ3n) is 6.58. The lowest BCUT2D eigenvalue weighted by Crippen LogP contribution is -2.75. The Bertz CT molecular complexity index is 664. The van der Waals surface area contributed by atoms with Gasteiger partial charge in [-0.05, 0) is 32.1 Å². The summed E-state index contributed by atoms with van der Waals surface area (Å²) >= 11 is 0. The summed E-state index contributed by atoms with van der Waals surface area (Å²) in [4.78, 5) is 9.62. The van der Waals surface area contributed by atoms with Gasteiger partial charge in [-0.15, -0.1) is 0 Å². The normalized spacial score (nSPS) is 15.2. The minimum absolute atomic E-state index is 0.369. The molecule has 0 fully saturated rings. The Morgan fingerprint density at radius 2 is 1.25 bits per heavy atom. The predicted molar refractivity (Wildman–Crippen MR) is 131 cm³/mol. The second-order valence-electron chi connectivity index (χ2n) is 10.6. The zero-order valence-corrected chi connectivity index (χ0v) is 22.3. The minimum Gasteiger partial charge on any atom is -0.543 e. The summed E-state index contributed by atoms with van der Waals surface area (Å²) in [5, 5.41) is 12.0. The Balaban J connectivity index is 4.34. The number of quaternary nitrogens is 1. The van der Waals surface area contributed by atoms with Crippen LogP contribution in [-0.2, 0) is 14.9 Å². The molecular weight excluding hydrogens is 426 g/mol. The Morgan fingerprint density at radius 1 is 0.844 bits per heavy atom. The molecular formula is C25H49NO5S. The lowest BCUT2D eigenvalue weighted by molar-refractivity contribution is -0.908. The second kappa shape index (κ2) is 14.4. The van der Waals surface area contributed by atoms with Crippen molar-refractivity contribution in [1.82, 2.24) is 0 Å². The highest BCUT2D eigenvalue weighted by molar-refractivity contribution is 7.87. The SMILES string of the molecule is CCCCCCCC/C=C\CCCCCCCC(C)(C)C(C(=O)[O-])([N+](C)(C)C)S(=O)(=O)O. The van der Waals surface area contributed by atoms with Crippen LogP contribution in [-0.4, -0.2) is 49.4 Å². The van der Waals surface area contributed by atoms with E-state index in [4.69, 9.17) is 0 Å². The van der Waals surface area contributed by atoms with Crippen molar-refractivity contribution < 1.29 is 27.4 Å². The molecule has 0 heterocycles. The Labute approximate surface area is 197 Å². The van der Waals surface area contributed by atoms with E-state index < -0.39 is 30.9 Å². The first-order valence-electron chi connectivity index (χ1n) is 12.4. The van der Waals surface area contributed by atoms with Gasteiger partial charge in [0.25, 0.3) is 4.87 Å². The number of allylic oxidation sites excluding steroid dienone is 2. The van der Waals surface area contributed by atoms with Crippen LogP contribution in [0.25, 0.3) is 0 Å². The molecule has 0 aromatic heterocycles. The summed E-state index contributed by atoms with van der Waals surface area (Å²) in [5.41, 5.74) is -1.20. The van der Waals surface area contributed by atoms with Crippen molar-refractivity contribution in [3.8, 4) is 0 Å². The number of hydrogen-bond donors (Lipinski definition) is 1. The van der Waals surface area contributed by atoms with Crippen molar-refractivity contribution >= 4 is 16.1 Å². The lowest BCUT2D eigenvalue weighted by Gasteiger charge is -2.52. The van der Waals surface area contributed by atoms with Gasteiger partial charge in [-0.2, -0.15) is 8.42 Å². The van der Waals surface area contributed by atoms with Crippen LogP contribution in [0.15, 0.2) is 12.2 Å². The summed E-state index contributed by atoms with van der Waals surface area (Å²) in [6.45, 7) is 5.42. The fraction of sp³-hybridized carbons (Fsp3) is 0.880. The van der Waals surface area contributed by atoms with E-state index in [2.05, 4.69) is 19.1 Å². The highest BCUT2D eigenvalue weighted by Gasteiger charge is 2.65. The number of likely N-dealkylation sites (N-methyl/N-ethyl adjacent to an activating group) is 1. The fourth-order valence-corrected chi connectivity index (χ4v) is 6.77.